The third-order valence-electron chi connectivity index (χ3n) is 3.45. The van der Waals surface area contributed by atoms with E-state index in [0.29, 0.717) is 13.0 Å². The summed E-state index contributed by atoms with van der Waals surface area (Å²) >= 11 is 1.07. The van der Waals surface area contributed by atoms with E-state index in [-0.39, 0.29) is 16.0 Å². The molecular weight excluding hydrogens is 364 g/mol. The molecule has 1 aromatic rings. The van der Waals surface area contributed by atoms with E-state index in [4.69, 9.17) is 5.11 Å². The smallest absolute Gasteiger partial charge is 0.322 e. The Balaban J connectivity index is 2.73. The molecule has 0 saturated carbocycles. The number of carboxylic acid groups (broad SMARTS) is 1. The Morgan fingerprint density at radius 1 is 1.24 bits per heavy atom. The fourth-order valence-electron chi connectivity index (χ4n) is 1.90. The number of thiophene rings is 1. The van der Waals surface area contributed by atoms with Crippen LogP contribution >= 0.6 is 11.3 Å². The van der Waals surface area contributed by atoms with Crippen LogP contribution in [0.25, 0.3) is 0 Å². The highest BCUT2D eigenvalue weighted by Crippen LogP contribution is 2.23. The van der Waals surface area contributed by atoms with Crippen LogP contribution in [0.2, 0.25) is 0 Å². The number of sulfonamides is 1. The lowest BCUT2D eigenvalue weighted by atomic mass is 9.96. The minimum Gasteiger partial charge on any atom is -0.480 e. The molecule has 0 radical (unpaired) electrons. The average molecular weight is 391 g/mol. The molecule has 25 heavy (non-hydrogen) atoms. The highest BCUT2D eigenvalue weighted by Gasteiger charge is 2.29. The normalized spacial score (nSPS) is 13.7. The highest BCUT2D eigenvalue weighted by molar-refractivity contribution is 7.91. The third kappa shape index (κ3) is 6.41. The molecule has 142 valence electrons. The van der Waals surface area contributed by atoms with Gasteiger partial charge in [0.1, 0.15) is 10.3 Å². The van der Waals surface area contributed by atoms with Crippen molar-refractivity contribution in [1.29, 1.82) is 0 Å². The van der Waals surface area contributed by atoms with Gasteiger partial charge < -0.3 is 10.4 Å². The molecule has 7 nitrogen and oxygen atoms in total. The van der Waals surface area contributed by atoms with Gasteiger partial charge in [-0.05, 0) is 24.5 Å². The molecule has 1 heterocycles. The van der Waals surface area contributed by atoms with Crippen molar-refractivity contribution in [2.75, 3.05) is 6.54 Å². The number of hydrogen-bond acceptors (Lipinski definition) is 5. The Kier molecular flexibility index (Phi) is 7.16. The number of carbonyl (C=O) groups is 2. The number of hydrogen-bond donors (Lipinski definition) is 3. The van der Waals surface area contributed by atoms with Crippen LogP contribution in [0.1, 0.15) is 39.5 Å². The Hall–Kier alpha value is -1.45. The standard InChI is InChI=1S/C16H26N2O5S2/c1-10(2)13(14(19)20)18-25(22,23)12-7-6-11(24-12)8-9-17-15(21)16(3,4)5/h6-7,10,13,18H,8-9H2,1-5H3,(H,17,21)(H,19,20)/t13-/m1/s1. The summed E-state index contributed by atoms with van der Waals surface area (Å²) in [5, 5.41) is 11.9. The Morgan fingerprint density at radius 2 is 1.84 bits per heavy atom. The summed E-state index contributed by atoms with van der Waals surface area (Å²) < 4.78 is 27.0. The second-order valence-electron chi connectivity index (χ2n) is 7.16. The molecule has 1 atom stereocenters. The van der Waals surface area contributed by atoms with Crippen LogP contribution < -0.4 is 10.0 Å². The summed E-state index contributed by atoms with van der Waals surface area (Å²) in [5.41, 5.74) is -0.476. The largest absolute Gasteiger partial charge is 0.480 e. The van der Waals surface area contributed by atoms with E-state index in [0.717, 1.165) is 16.2 Å². The van der Waals surface area contributed by atoms with E-state index in [1.807, 2.05) is 20.8 Å². The second-order valence-corrected chi connectivity index (χ2v) is 10.3. The molecule has 0 aliphatic carbocycles. The zero-order chi connectivity index (χ0) is 19.4. The molecule has 0 bridgehead atoms. The van der Waals surface area contributed by atoms with Crippen LogP contribution in [0.4, 0.5) is 0 Å². The molecule has 0 unspecified atom stereocenters. The van der Waals surface area contributed by atoms with Crippen molar-refractivity contribution in [3.63, 3.8) is 0 Å². The zero-order valence-corrected chi connectivity index (χ0v) is 16.8. The summed E-state index contributed by atoms with van der Waals surface area (Å²) in [6.07, 6.45) is 0.508. The zero-order valence-electron chi connectivity index (χ0n) is 15.1. The van der Waals surface area contributed by atoms with Gasteiger partial charge in [0.15, 0.2) is 0 Å². The summed E-state index contributed by atoms with van der Waals surface area (Å²) in [7, 11) is -3.89. The lowest BCUT2D eigenvalue weighted by Crippen LogP contribution is -2.43. The molecular formula is C16H26N2O5S2. The van der Waals surface area contributed by atoms with E-state index < -0.39 is 27.4 Å². The van der Waals surface area contributed by atoms with Gasteiger partial charge in [-0.1, -0.05) is 34.6 Å². The summed E-state index contributed by atoms with van der Waals surface area (Å²) in [5.74, 6) is -1.65. The molecule has 3 N–H and O–H groups in total. The van der Waals surface area contributed by atoms with Gasteiger partial charge in [0.2, 0.25) is 5.91 Å². The fourth-order valence-corrected chi connectivity index (χ4v) is 4.61. The average Bonchev–Trinajstić information content (AvgIpc) is 2.92. The van der Waals surface area contributed by atoms with Gasteiger partial charge in [0.05, 0.1) is 0 Å². The predicted octanol–water partition coefficient (Wildman–Crippen LogP) is 1.84. The van der Waals surface area contributed by atoms with Crippen molar-refractivity contribution < 1.29 is 23.1 Å². The third-order valence-corrected chi connectivity index (χ3v) is 6.53. The summed E-state index contributed by atoms with van der Waals surface area (Å²) in [6, 6.07) is 1.95. The Labute approximate surface area is 152 Å². The summed E-state index contributed by atoms with van der Waals surface area (Å²) in [4.78, 5) is 23.8. The lowest BCUT2D eigenvalue weighted by Gasteiger charge is -2.17. The van der Waals surface area contributed by atoms with E-state index in [2.05, 4.69) is 10.0 Å². The first-order valence-corrected chi connectivity index (χ1v) is 10.3. The van der Waals surface area contributed by atoms with Crippen molar-refractivity contribution in [3.8, 4) is 0 Å². The van der Waals surface area contributed by atoms with Gasteiger partial charge in [-0.2, -0.15) is 4.72 Å². The van der Waals surface area contributed by atoms with Gasteiger partial charge in [-0.15, -0.1) is 11.3 Å². The van der Waals surface area contributed by atoms with E-state index in [1.165, 1.54) is 6.07 Å². The maximum Gasteiger partial charge on any atom is 0.322 e. The maximum absolute atomic E-state index is 12.3. The molecule has 0 aromatic carbocycles. The van der Waals surface area contributed by atoms with Crippen LogP contribution in [0.3, 0.4) is 0 Å². The number of nitrogens with one attached hydrogen (secondary N) is 2. The molecule has 1 aromatic heterocycles. The van der Waals surface area contributed by atoms with Crippen molar-refractivity contribution in [3.05, 3.63) is 17.0 Å². The fraction of sp³-hybridized carbons (Fsp3) is 0.625. The van der Waals surface area contributed by atoms with Gasteiger partial charge >= 0.3 is 5.97 Å². The van der Waals surface area contributed by atoms with E-state index in [9.17, 15) is 18.0 Å². The highest BCUT2D eigenvalue weighted by atomic mass is 32.2. The van der Waals surface area contributed by atoms with E-state index in [1.54, 1.807) is 19.9 Å². The predicted molar refractivity (Wildman–Crippen MR) is 97.1 cm³/mol. The van der Waals surface area contributed by atoms with E-state index >= 15 is 0 Å². The summed E-state index contributed by atoms with van der Waals surface area (Å²) in [6.45, 7) is 9.14. The van der Waals surface area contributed by atoms with Crippen LogP contribution in [-0.4, -0.2) is 38.0 Å². The first kappa shape index (κ1) is 21.6. The molecule has 0 fully saturated rings. The maximum atomic E-state index is 12.3. The van der Waals surface area contributed by atoms with Gasteiger partial charge in [0.25, 0.3) is 10.0 Å². The van der Waals surface area contributed by atoms with Crippen LogP contribution in [0.5, 0.6) is 0 Å². The molecule has 0 spiro atoms. The van der Waals surface area contributed by atoms with Crippen molar-refractivity contribution in [2.24, 2.45) is 11.3 Å². The SMILES string of the molecule is CC(C)[C@@H](NS(=O)(=O)c1ccc(CCNC(=O)C(C)(C)C)s1)C(=O)O. The quantitative estimate of drug-likeness (QED) is 0.627. The van der Waals surface area contributed by atoms with Crippen molar-refractivity contribution >= 4 is 33.2 Å². The molecule has 0 aliphatic heterocycles. The second kappa shape index (κ2) is 8.29. The van der Waals surface area contributed by atoms with Crippen LogP contribution in [0, 0.1) is 11.3 Å². The number of carboxylic acids is 1. The number of amides is 1. The Morgan fingerprint density at radius 3 is 2.32 bits per heavy atom. The van der Waals surface area contributed by atoms with Crippen LogP contribution in [0.15, 0.2) is 16.3 Å². The Bertz CT molecular complexity index is 717. The number of carbonyl (C=O) groups excluding carboxylic acids is 1. The van der Waals surface area contributed by atoms with Crippen molar-refractivity contribution in [1.82, 2.24) is 10.0 Å². The topological polar surface area (TPSA) is 113 Å². The molecule has 0 aliphatic rings. The monoisotopic (exact) mass is 390 g/mol. The van der Waals surface area contributed by atoms with Crippen LogP contribution in [-0.2, 0) is 26.0 Å². The van der Waals surface area contributed by atoms with Gasteiger partial charge in [-0.25, -0.2) is 8.42 Å². The van der Waals surface area contributed by atoms with Gasteiger partial charge in [-0.3, -0.25) is 9.59 Å². The number of rotatable bonds is 8. The molecule has 0 saturated heterocycles. The molecule has 1 amide bonds. The lowest BCUT2D eigenvalue weighted by molar-refractivity contribution is -0.140. The van der Waals surface area contributed by atoms with Crippen molar-refractivity contribution in [2.45, 2.75) is 51.3 Å². The molecule has 9 heteroatoms. The first-order chi connectivity index (χ1) is 11.3. The number of aliphatic carboxylic acids is 1. The minimum atomic E-state index is -3.89. The minimum absolute atomic E-state index is 0.0662. The van der Waals surface area contributed by atoms with Gasteiger partial charge in [0, 0.05) is 16.8 Å². The molecule has 1 rings (SSSR count). The first-order valence-electron chi connectivity index (χ1n) is 7.96.